The fourth-order valence-electron chi connectivity index (χ4n) is 3.07. The van der Waals surface area contributed by atoms with Gasteiger partial charge in [0.2, 0.25) is 0 Å². The number of aryl methyl sites for hydroxylation is 1. The Bertz CT molecular complexity index is 1080. The molecule has 3 aromatic rings. The third kappa shape index (κ3) is 3.80. The van der Waals surface area contributed by atoms with Crippen LogP contribution in [0.25, 0.3) is 16.9 Å². The third-order valence-corrected chi connectivity index (χ3v) is 5.34. The smallest absolute Gasteiger partial charge is 0.340 e. The Morgan fingerprint density at radius 2 is 1.74 bits per heavy atom. The van der Waals surface area contributed by atoms with Crippen molar-refractivity contribution < 1.29 is 17.9 Å². The van der Waals surface area contributed by atoms with E-state index in [-0.39, 0.29) is 11.5 Å². The van der Waals surface area contributed by atoms with Crippen LogP contribution in [0.15, 0.2) is 65.6 Å². The Balaban J connectivity index is 2.29. The number of rotatable bonds is 5. The van der Waals surface area contributed by atoms with Gasteiger partial charge in [0.05, 0.1) is 22.8 Å². The van der Waals surface area contributed by atoms with Crippen LogP contribution in [0.2, 0.25) is 0 Å². The van der Waals surface area contributed by atoms with Gasteiger partial charge in [-0.2, -0.15) is 0 Å². The second kappa shape index (κ2) is 7.40. The molecule has 6 heteroatoms. The van der Waals surface area contributed by atoms with Crippen LogP contribution in [0.4, 0.5) is 0 Å². The number of ether oxygens (including phenoxy) is 1. The zero-order chi connectivity index (χ0) is 19.6. The highest BCUT2D eigenvalue weighted by atomic mass is 32.2. The summed E-state index contributed by atoms with van der Waals surface area (Å²) >= 11 is 0. The van der Waals surface area contributed by atoms with Crippen molar-refractivity contribution in [3.8, 4) is 16.9 Å². The van der Waals surface area contributed by atoms with Gasteiger partial charge in [0.15, 0.2) is 9.84 Å². The highest BCUT2D eigenvalue weighted by Gasteiger charge is 2.22. The maximum absolute atomic E-state index is 12.5. The highest BCUT2D eigenvalue weighted by molar-refractivity contribution is 7.90. The van der Waals surface area contributed by atoms with Crippen molar-refractivity contribution in [2.45, 2.75) is 18.7 Å². The maximum Gasteiger partial charge on any atom is 0.340 e. The Kier molecular flexibility index (Phi) is 5.19. The summed E-state index contributed by atoms with van der Waals surface area (Å²) in [4.78, 5) is 12.8. The molecular weight excluding hydrogens is 362 g/mol. The predicted molar refractivity (Wildman–Crippen MR) is 105 cm³/mol. The zero-order valence-electron chi connectivity index (χ0n) is 15.5. The van der Waals surface area contributed by atoms with Crippen molar-refractivity contribution in [3.05, 3.63) is 71.9 Å². The lowest BCUT2D eigenvalue weighted by molar-refractivity contribution is 0.0527. The van der Waals surface area contributed by atoms with Crippen molar-refractivity contribution in [1.82, 2.24) is 4.57 Å². The number of nitrogens with zero attached hydrogens (tertiary/aromatic N) is 1. The summed E-state index contributed by atoms with van der Waals surface area (Å²) in [6, 6.07) is 18.0. The van der Waals surface area contributed by atoms with Crippen molar-refractivity contribution in [3.63, 3.8) is 0 Å². The second-order valence-electron chi connectivity index (χ2n) is 6.24. The average Bonchev–Trinajstić information content (AvgIpc) is 2.99. The molecule has 0 bridgehead atoms. The van der Waals surface area contributed by atoms with Crippen LogP contribution in [0, 0.1) is 6.92 Å². The SMILES string of the molecule is CCOC(=O)c1cc(C)n(-c2cccc(S(C)(=O)=O)c2)c1-c1ccccc1. The van der Waals surface area contributed by atoms with E-state index in [1.54, 1.807) is 31.2 Å². The normalized spacial score (nSPS) is 11.4. The summed E-state index contributed by atoms with van der Waals surface area (Å²) in [5.41, 5.74) is 3.45. The van der Waals surface area contributed by atoms with Crippen LogP contribution in [-0.4, -0.2) is 31.8 Å². The van der Waals surface area contributed by atoms with E-state index in [9.17, 15) is 13.2 Å². The molecule has 3 rings (SSSR count). The van der Waals surface area contributed by atoms with Crippen molar-refractivity contribution in [2.75, 3.05) is 12.9 Å². The molecule has 27 heavy (non-hydrogen) atoms. The molecule has 0 spiro atoms. The van der Waals surface area contributed by atoms with Gasteiger partial charge in [-0.05, 0) is 43.7 Å². The first-order chi connectivity index (χ1) is 12.8. The number of aromatic nitrogens is 1. The molecule has 0 aliphatic carbocycles. The Hall–Kier alpha value is -2.86. The van der Waals surface area contributed by atoms with E-state index < -0.39 is 15.8 Å². The van der Waals surface area contributed by atoms with E-state index in [0.717, 1.165) is 11.3 Å². The molecule has 0 aliphatic rings. The fraction of sp³-hybridized carbons (Fsp3) is 0.190. The summed E-state index contributed by atoms with van der Waals surface area (Å²) in [6.07, 6.45) is 1.18. The van der Waals surface area contributed by atoms with Gasteiger partial charge in [-0.25, -0.2) is 13.2 Å². The summed E-state index contributed by atoms with van der Waals surface area (Å²) in [5, 5.41) is 0. The number of sulfone groups is 1. The predicted octanol–water partition coefficient (Wildman–Crippen LogP) is 4.03. The molecule has 0 amide bonds. The number of carbonyl (C=O) groups excluding carboxylic acids is 1. The van der Waals surface area contributed by atoms with Gasteiger partial charge in [0.1, 0.15) is 0 Å². The number of esters is 1. The fourth-order valence-corrected chi connectivity index (χ4v) is 3.73. The Labute approximate surface area is 159 Å². The van der Waals surface area contributed by atoms with Gasteiger partial charge >= 0.3 is 5.97 Å². The zero-order valence-corrected chi connectivity index (χ0v) is 16.3. The van der Waals surface area contributed by atoms with Gasteiger partial charge in [0.25, 0.3) is 0 Å². The van der Waals surface area contributed by atoms with Crippen molar-refractivity contribution >= 4 is 15.8 Å². The standard InChI is InChI=1S/C21H21NO4S/c1-4-26-21(23)19-13-15(2)22(20(19)16-9-6-5-7-10-16)17-11-8-12-18(14-17)27(3,24)25/h5-14H,4H2,1-3H3. The number of hydrogen-bond donors (Lipinski definition) is 0. The van der Waals surface area contributed by atoms with Crippen molar-refractivity contribution in [2.24, 2.45) is 0 Å². The van der Waals surface area contributed by atoms with Gasteiger partial charge in [-0.3, -0.25) is 0 Å². The molecule has 0 atom stereocenters. The molecule has 0 saturated heterocycles. The summed E-state index contributed by atoms with van der Waals surface area (Å²) in [7, 11) is -3.35. The number of benzene rings is 2. The molecule has 2 aromatic carbocycles. The molecule has 0 aliphatic heterocycles. The highest BCUT2D eigenvalue weighted by Crippen LogP contribution is 2.32. The number of hydrogen-bond acceptors (Lipinski definition) is 4. The Morgan fingerprint density at radius 3 is 2.37 bits per heavy atom. The first-order valence-corrected chi connectivity index (χ1v) is 10.5. The van der Waals surface area contributed by atoms with E-state index >= 15 is 0 Å². The molecular formula is C21H21NO4S. The third-order valence-electron chi connectivity index (χ3n) is 4.23. The monoisotopic (exact) mass is 383 g/mol. The second-order valence-corrected chi connectivity index (χ2v) is 8.26. The first-order valence-electron chi connectivity index (χ1n) is 8.58. The van der Waals surface area contributed by atoms with Gasteiger partial charge in [0, 0.05) is 17.6 Å². The van der Waals surface area contributed by atoms with Crippen LogP contribution in [0.3, 0.4) is 0 Å². The lowest BCUT2D eigenvalue weighted by Crippen LogP contribution is -2.07. The van der Waals surface area contributed by atoms with E-state index in [4.69, 9.17) is 4.74 Å². The van der Waals surface area contributed by atoms with Gasteiger partial charge in [-0.15, -0.1) is 0 Å². The van der Waals surface area contributed by atoms with Gasteiger partial charge in [-0.1, -0.05) is 36.4 Å². The van der Waals surface area contributed by atoms with Crippen LogP contribution < -0.4 is 0 Å². The molecule has 140 valence electrons. The van der Waals surface area contributed by atoms with Crippen molar-refractivity contribution in [1.29, 1.82) is 0 Å². The van der Waals surface area contributed by atoms with E-state index in [2.05, 4.69) is 0 Å². The van der Waals surface area contributed by atoms with E-state index in [0.29, 0.717) is 16.9 Å². The molecule has 5 nitrogen and oxygen atoms in total. The molecule has 1 heterocycles. The minimum atomic E-state index is -3.35. The molecule has 0 N–H and O–H groups in total. The largest absolute Gasteiger partial charge is 0.462 e. The topological polar surface area (TPSA) is 65.4 Å². The minimum absolute atomic E-state index is 0.227. The molecule has 1 aromatic heterocycles. The summed E-state index contributed by atoms with van der Waals surface area (Å²) in [5.74, 6) is -0.405. The van der Waals surface area contributed by atoms with E-state index in [1.165, 1.54) is 6.26 Å². The average molecular weight is 383 g/mol. The maximum atomic E-state index is 12.5. The van der Waals surface area contributed by atoms with Gasteiger partial charge < -0.3 is 9.30 Å². The molecule has 0 radical (unpaired) electrons. The summed E-state index contributed by atoms with van der Waals surface area (Å²) in [6.45, 7) is 3.92. The molecule has 0 fully saturated rings. The quantitative estimate of drug-likeness (QED) is 0.624. The van der Waals surface area contributed by atoms with Crippen LogP contribution in [-0.2, 0) is 14.6 Å². The first kappa shape index (κ1) is 18.9. The summed E-state index contributed by atoms with van der Waals surface area (Å²) < 4.78 is 31.1. The number of carbonyl (C=O) groups is 1. The lowest BCUT2D eigenvalue weighted by Gasteiger charge is -2.14. The molecule has 0 unspecified atom stereocenters. The van der Waals surface area contributed by atoms with Crippen LogP contribution in [0.1, 0.15) is 23.0 Å². The lowest BCUT2D eigenvalue weighted by atomic mass is 10.1. The van der Waals surface area contributed by atoms with Crippen LogP contribution in [0.5, 0.6) is 0 Å². The molecule has 0 saturated carbocycles. The van der Waals surface area contributed by atoms with E-state index in [1.807, 2.05) is 47.9 Å². The van der Waals surface area contributed by atoms with Crippen LogP contribution >= 0.6 is 0 Å². The Morgan fingerprint density at radius 1 is 1.04 bits per heavy atom. The minimum Gasteiger partial charge on any atom is -0.462 e.